The van der Waals surface area contributed by atoms with Crippen LogP contribution in [-0.2, 0) is 6.42 Å². The van der Waals surface area contributed by atoms with Gasteiger partial charge in [0.05, 0.1) is 6.04 Å². The highest BCUT2D eigenvalue weighted by molar-refractivity contribution is 5.94. The number of carbonyl (C=O) groups is 1. The number of H-pyrrole nitrogens is 1. The fourth-order valence-electron chi connectivity index (χ4n) is 3.38. The van der Waals surface area contributed by atoms with Crippen LogP contribution in [0, 0.1) is 5.82 Å². The van der Waals surface area contributed by atoms with E-state index in [1.807, 2.05) is 30.3 Å². The summed E-state index contributed by atoms with van der Waals surface area (Å²) in [6.07, 6.45) is 3.73. The summed E-state index contributed by atoms with van der Waals surface area (Å²) >= 11 is 0. The van der Waals surface area contributed by atoms with Crippen LogP contribution in [-0.4, -0.2) is 15.9 Å². The Kier molecular flexibility index (Phi) is 5.98. The monoisotopic (exact) mass is 413 g/mol. The van der Waals surface area contributed by atoms with Crippen molar-refractivity contribution in [2.24, 2.45) is 0 Å². The highest BCUT2D eigenvalue weighted by Crippen LogP contribution is 2.20. The van der Waals surface area contributed by atoms with E-state index in [0.717, 1.165) is 16.7 Å². The number of amides is 1. The molecular weight excluding hydrogens is 393 g/mol. The molecule has 0 bridgehead atoms. The predicted molar refractivity (Wildman–Crippen MR) is 117 cm³/mol. The van der Waals surface area contributed by atoms with Crippen molar-refractivity contribution in [2.45, 2.75) is 12.5 Å². The molecule has 1 amide bonds. The van der Waals surface area contributed by atoms with Gasteiger partial charge in [-0.2, -0.15) is 0 Å². The van der Waals surface area contributed by atoms with Crippen LogP contribution in [0.4, 0.5) is 4.39 Å². The fraction of sp³-hybridized carbons (Fsp3) is 0.0800. The van der Waals surface area contributed by atoms with Crippen LogP contribution in [0.1, 0.15) is 27.5 Å². The quantitative estimate of drug-likeness (QED) is 0.495. The largest absolute Gasteiger partial charge is 0.345 e. The average molecular weight is 413 g/mol. The molecule has 1 atom stereocenters. The van der Waals surface area contributed by atoms with Crippen LogP contribution in [0.5, 0.6) is 0 Å². The van der Waals surface area contributed by atoms with Gasteiger partial charge in [-0.1, -0.05) is 42.5 Å². The first-order valence-electron chi connectivity index (χ1n) is 9.84. The number of nitrogens with one attached hydrogen (secondary N) is 2. The Hall–Kier alpha value is -4.06. The molecule has 0 saturated heterocycles. The van der Waals surface area contributed by atoms with E-state index in [0.29, 0.717) is 12.1 Å². The maximum atomic E-state index is 13.3. The minimum absolute atomic E-state index is 0.0258. The van der Waals surface area contributed by atoms with Crippen LogP contribution in [0.15, 0.2) is 96.1 Å². The second-order valence-electron chi connectivity index (χ2n) is 7.12. The summed E-state index contributed by atoms with van der Waals surface area (Å²) in [7, 11) is 0. The molecule has 0 aliphatic rings. The summed E-state index contributed by atoms with van der Waals surface area (Å²) in [5.41, 5.74) is 2.73. The third-order valence-electron chi connectivity index (χ3n) is 5.01. The number of pyridine rings is 2. The normalized spacial score (nSPS) is 11.6. The van der Waals surface area contributed by atoms with Crippen molar-refractivity contribution < 1.29 is 9.18 Å². The maximum Gasteiger partial charge on any atom is 0.261 e. The number of benzene rings is 2. The van der Waals surface area contributed by atoms with Crippen LogP contribution in [0.25, 0.3) is 11.3 Å². The molecule has 5 nitrogen and oxygen atoms in total. The van der Waals surface area contributed by atoms with Crippen LogP contribution in [0.2, 0.25) is 0 Å². The SMILES string of the molecule is O=C(NC(Cc1ccc(F)cc1)c1ccccc1)c1ccc(-c2ccncc2)[nH]c1=O. The first-order chi connectivity index (χ1) is 15.1. The first kappa shape index (κ1) is 20.2. The summed E-state index contributed by atoms with van der Waals surface area (Å²) in [5, 5.41) is 2.95. The van der Waals surface area contributed by atoms with Gasteiger partial charge in [0, 0.05) is 23.7 Å². The van der Waals surface area contributed by atoms with Crippen molar-refractivity contribution in [3.63, 3.8) is 0 Å². The van der Waals surface area contributed by atoms with Gasteiger partial charge >= 0.3 is 0 Å². The zero-order chi connectivity index (χ0) is 21.6. The topological polar surface area (TPSA) is 74.8 Å². The smallest absolute Gasteiger partial charge is 0.261 e. The van der Waals surface area contributed by atoms with E-state index in [9.17, 15) is 14.0 Å². The Labute approximate surface area is 178 Å². The second-order valence-corrected chi connectivity index (χ2v) is 7.12. The molecule has 2 aromatic carbocycles. The summed E-state index contributed by atoms with van der Waals surface area (Å²) in [6, 6.07) is 22.0. The Morgan fingerprint density at radius 1 is 0.935 bits per heavy atom. The Bertz CT molecular complexity index is 1220. The van der Waals surface area contributed by atoms with E-state index in [1.54, 1.807) is 42.7 Å². The van der Waals surface area contributed by atoms with Gasteiger partial charge in [-0.25, -0.2) is 4.39 Å². The molecule has 0 aliphatic carbocycles. The van der Waals surface area contributed by atoms with E-state index >= 15 is 0 Å². The number of hydrogen-bond acceptors (Lipinski definition) is 3. The molecule has 1 unspecified atom stereocenters. The van der Waals surface area contributed by atoms with Crippen molar-refractivity contribution >= 4 is 5.91 Å². The molecule has 4 aromatic rings. The maximum absolute atomic E-state index is 13.3. The highest BCUT2D eigenvalue weighted by atomic mass is 19.1. The molecule has 0 spiro atoms. The third-order valence-corrected chi connectivity index (χ3v) is 5.01. The van der Waals surface area contributed by atoms with Gasteiger partial charge in [0.25, 0.3) is 11.5 Å². The van der Waals surface area contributed by atoms with Gasteiger partial charge < -0.3 is 10.3 Å². The van der Waals surface area contributed by atoms with Gasteiger partial charge in [0.1, 0.15) is 11.4 Å². The van der Waals surface area contributed by atoms with E-state index in [1.165, 1.54) is 18.2 Å². The summed E-state index contributed by atoms with van der Waals surface area (Å²) < 4.78 is 13.3. The lowest BCUT2D eigenvalue weighted by Crippen LogP contribution is -2.33. The molecule has 0 radical (unpaired) electrons. The molecule has 0 aliphatic heterocycles. The molecule has 0 saturated carbocycles. The Morgan fingerprint density at radius 3 is 2.32 bits per heavy atom. The molecule has 0 fully saturated rings. The molecule has 6 heteroatoms. The standard InChI is InChI=1S/C25H20FN3O2/c26-20-8-6-17(7-9-20)16-23(18-4-2-1-3-5-18)29-25(31)21-10-11-22(28-24(21)30)19-12-14-27-15-13-19/h1-15,23H,16H2,(H,28,30)(H,29,31). The van der Waals surface area contributed by atoms with Gasteiger partial charge in [-0.05, 0) is 53.9 Å². The van der Waals surface area contributed by atoms with Gasteiger partial charge in [0.15, 0.2) is 0 Å². The summed E-state index contributed by atoms with van der Waals surface area (Å²) in [5.74, 6) is -0.789. The number of rotatable bonds is 6. The zero-order valence-corrected chi connectivity index (χ0v) is 16.6. The first-order valence-corrected chi connectivity index (χ1v) is 9.84. The lowest BCUT2D eigenvalue weighted by molar-refractivity contribution is 0.0935. The van der Waals surface area contributed by atoms with Gasteiger partial charge in [-0.15, -0.1) is 0 Å². The summed E-state index contributed by atoms with van der Waals surface area (Å²) in [6.45, 7) is 0. The van der Waals surface area contributed by atoms with E-state index < -0.39 is 11.5 Å². The van der Waals surface area contributed by atoms with Crippen molar-refractivity contribution in [1.82, 2.24) is 15.3 Å². The van der Waals surface area contributed by atoms with Crippen LogP contribution < -0.4 is 10.9 Å². The average Bonchev–Trinajstić information content (AvgIpc) is 2.81. The number of nitrogens with zero attached hydrogens (tertiary/aromatic N) is 1. The minimum Gasteiger partial charge on any atom is -0.345 e. The molecule has 2 aromatic heterocycles. The van der Waals surface area contributed by atoms with E-state index in [4.69, 9.17) is 0 Å². The molecule has 31 heavy (non-hydrogen) atoms. The molecular formula is C25H20FN3O2. The summed E-state index contributed by atoms with van der Waals surface area (Å²) in [4.78, 5) is 32.3. The van der Waals surface area contributed by atoms with Crippen molar-refractivity contribution in [3.8, 4) is 11.3 Å². The number of hydrogen-bond donors (Lipinski definition) is 2. The van der Waals surface area contributed by atoms with Gasteiger partial charge in [-0.3, -0.25) is 14.6 Å². The van der Waals surface area contributed by atoms with Crippen molar-refractivity contribution in [1.29, 1.82) is 0 Å². The van der Waals surface area contributed by atoms with E-state index in [-0.39, 0.29) is 17.4 Å². The predicted octanol–water partition coefficient (Wildman–Crippen LogP) is 4.29. The number of carbonyl (C=O) groups excluding carboxylic acids is 1. The highest BCUT2D eigenvalue weighted by Gasteiger charge is 2.19. The molecule has 154 valence electrons. The lowest BCUT2D eigenvalue weighted by atomic mass is 9.98. The number of halogens is 1. The van der Waals surface area contributed by atoms with Crippen molar-refractivity contribution in [2.75, 3.05) is 0 Å². The Balaban J connectivity index is 1.58. The third kappa shape index (κ3) is 4.93. The van der Waals surface area contributed by atoms with Crippen LogP contribution >= 0.6 is 0 Å². The number of aromatic amines is 1. The second kappa shape index (κ2) is 9.17. The van der Waals surface area contributed by atoms with Gasteiger partial charge in [0.2, 0.25) is 0 Å². The number of aromatic nitrogens is 2. The van der Waals surface area contributed by atoms with E-state index in [2.05, 4.69) is 15.3 Å². The van der Waals surface area contributed by atoms with Crippen LogP contribution in [0.3, 0.4) is 0 Å². The zero-order valence-electron chi connectivity index (χ0n) is 16.6. The molecule has 4 rings (SSSR count). The fourth-order valence-corrected chi connectivity index (χ4v) is 3.38. The minimum atomic E-state index is -0.474. The lowest BCUT2D eigenvalue weighted by Gasteiger charge is -2.19. The molecule has 2 N–H and O–H groups in total. The Morgan fingerprint density at radius 2 is 1.65 bits per heavy atom. The molecule has 2 heterocycles. The van der Waals surface area contributed by atoms with Crippen molar-refractivity contribution in [3.05, 3.63) is 124 Å².